The molecular formula is C52H71FN14O6. The van der Waals surface area contributed by atoms with Crippen LogP contribution in [-0.4, -0.2) is 158 Å². The summed E-state index contributed by atoms with van der Waals surface area (Å²) in [6, 6.07) is 10.7. The molecule has 5 N–H and O–H groups in total. The van der Waals surface area contributed by atoms with Gasteiger partial charge in [-0.05, 0) is 114 Å². The number of halogens is 1. The number of hydrogen-bond acceptors (Lipinski definition) is 18. The van der Waals surface area contributed by atoms with Crippen molar-refractivity contribution in [2.75, 3.05) is 128 Å². The molecular weight excluding hydrogens is 936 g/mol. The minimum absolute atomic E-state index is 0.0954. The standard InChI is InChI=1S/C26H35N7O3.C23H29FN6O2.C3H7NO/c1-17-13-22(31-25(27-17)33-11-12-36-18(2)14-33)30-24(34)20-3-4-21(28-19-15-35-16-19)29-23(20)32-9-7-26(5-6-26)8-10-32;1-15-13-19(28-22(25-15)30-11-12-32-16(2)14-30)27-21(31)17-3-4-18(24)26-20(17)29-9-7-23(5-6-23)8-10-29;4-3-1-5-2-3/h3-4,13,18-19H,5-12,14-16H2,1-2H3,(H,28,29)(H,27,30,31,34);3-4,13,16H,5-12,14H2,1-2H3,(H,25,27,28,31);3H,1-2,4H2/t18-;16-;/m11./s1. The molecule has 2 atom stereocenters. The number of anilines is 7. The van der Waals surface area contributed by atoms with Crippen molar-refractivity contribution in [3.63, 3.8) is 0 Å². The summed E-state index contributed by atoms with van der Waals surface area (Å²) in [6.45, 7) is 18.3. The van der Waals surface area contributed by atoms with Gasteiger partial charge in [0.05, 0.1) is 75.1 Å². The van der Waals surface area contributed by atoms with Crippen molar-refractivity contribution in [2.45, 2.75) is 103 Å². The molecule has 0 bridgehead atoms. The number of morpholine rings is 2. The van der Waals surface area contributed by atoms with Crippen LogP contribution in [0.3, 0.4) is 0 Å². The molecule has 8 aliphatic rings. The van der Waals surface area contributed by atoms with E-state index in [1.54, 1.807) is 6.07 Å². The van der Waals surface area contributed by atoms with E-state index in [0.29, 0.717) is 96.9 Å². The molecule has 0 unspecified atom stereocenters. The molecule has 2 saturated carbocycles. The minimum Gasteiger partial charge on any atom is -0.378 e. The molecule has 10 heterocycles. The fraction of sp³-hybridized carbons (Fsp3) is 0.615. The van der Waals surface area contributed by atoms with E-state index in [1.807, 2.05) is 50.8 Å². The topological polar surface area (TPSA) is 223 Å². The van der Waals surface area contributed by atoms with Crippen LogP contribution in [0.2, 0.25) is 0 Å². The predicted molar refractivity (Wildman–Crippen MR) is 276 cm³/mol. The molecule has 12 rings (SSSR count). The van der Waals surface area contributed by atoms with Crippen molar-refractivity contribution < 1.29 is 32.9 Å². The fourth-order valence-electron chi connectivity index (χ4n) is 10.2. The van der Waals surface area contributed by atoms with Crippen molar-refractivity contribution >= 4 is 52.8 Å². The second-order valence-electron chi connectivity index (χ2n) is 21.3. The first kappa shape index (κ1) is 50.7. The third-order valence-electron chi connectivity index (χ3n) is 15.2. The smallest absolute Gasteiger partial charge is 0.260 e. The van der Waals surface area contributed by atoms with E-state index in [9.17, 15) is 14.0 Å². The van der Waals surface area contributed by atoms with Gasteiger partial charge in [0.2, 0.25) is 17.8 Å². The van der Waals surface area contributed by atoms with E-state index in [0.717, 1.165) is 101 Å². The lowest BCUT2D eigenvalue weighted by atomic mass is 9.93. The maximum atomic E-state index is 14.0. The Balaban J connectivity index is 0.000000154. The second kappa shape index (κ2) is 21.9. The number of carbonyl (C=O) groups is 2. The van der Waals surface area contributed by atoms with E-state index >= 15 is 0 Å². The molecule has 21 heteroatoms. The Morgan fingerprint density at radius 2 is 1.04 bits per heavy atom. The van der Waals surface area contributed by atoms with E-state index in [1.165, 1.54) is 37.8 Å². The van der Waals surface area contributed by atoms with Gasteiger partial charge >= 0.3 is 0 Å². The van der Waals surface area contributed by atoms with Crippen LogP contribution in [0.25, 0.3) is 0 Å². The Hall–Kier alpha value is -5.87. The normalized spacial score (nSPS) is 23.0. The quantitative estimate of drug-likeness (QED) is 0.147. The molecule has 73 heavy (non-hydrogen) atoms. The van der Waals surface area contributed by atoms with E-state index in [-0.39, 0.29) is 30.1 Å². The third kappa shape index (κ3) is 12.7. The molecule has 4 aromatic rings. The highest BCUT2D eigenvalue weighted by atomic mass is 19.1. The van der Waals surface area contributed by atoms with Crippen LogP contribution in [0.15, 0.2) is 36.4 Å². The highest BCUT2D eigenvalue weighted by molar-refractivity contribution is 6.08. The average molecular weight is 1010 g/mol. The SMILES string of the molecule is Cc1cc(NC(=O)c2ccc(F)nc2N2CCC3(CC2)CC3)nc(N2CCO[C@H](C)C2)n1.Cc1cc(NC(=O)c2ccc(NC3COC3)nc2N2CCC3(CC2)CC3)nc(N2CCO[C@H](C)C2)n1.NC1COC1. The summed E-state index contributed by atoms with van der Waals surface area (Å²) in [4.78, 5) is 62.6. The van der Waals surface area contributed by atoms with Gasteiger partial charge in [-0.25, -0.2) is 19.9 Å². The van der Waals surface area contributed by atoms with E-state index in [2.05, 4.69) is 55.6 Å². The number of nitrogens with one attached hydrogen (secondary N) is 3. The van der Waals surface area contributed by atoms with Gasteiger partial charge in [-0.2, -0.15) is 14.4 Å². The first-order valence-electron chi connectivity index (χ1n) is 26.2. The van der Waals surface area contributed by atoms with Crippen LogP contribution >= 0.6 is 0 Å². The van der Waals surface area contributed by atoms with Crippen LogP contribution in [0, 0.1) is 30.6 Å². The average Bonchev–Trinajstić information content (AvgIpc) is 4.30. The number of hydrogen-bond donors (Lipinski definition) is 4. The highest BCUT2D eigenvalue weighted by Gasteiger charge is 2.46. The number of pyridine rings is 2. The summed E-state index contributed by atoms with van der Waals surface area (Å²) in [5.41, 5.74) is 8.77. The zero-order valence-electron chi connectivity index (χ0n) is 42.7. The number of piperidine rings is 2. The lowest BCUT2D eigenvalue weighted by Gasteiger charge is -2.34. The summed E-state index contributed by atoms with van der Waals surface area (Å²) in [6.07, 6.45) is 9.91. The van der Waals surface area contributed by atoms with Gasteiger partial charge in [-0.1, -0.05) is 0 Å². The number of aromatic nitrogens is 6. The Morgan fingerprint density at radius 1 is 0.589 bits per heavy atom. The Morgan fingerprint density at radius 3 is 1.45 bits per heavy atom. The number of nitrogens with two attached hydrogens (primary N) is 1. The van der Waals surface area contributed by atoms with Crippen molar-refractivity contribution in [3.8, 4) is 0 Å². The molecule has 8 fully saturated rings. The van der Waals surface area contributed by atoms with Gasteiger partial charge in [-0.3, -0.25) is 9.59 Å². The lowest BCUT2D eigenvalue weighted by molar-refractivity contribution is 0.0121. The summed E-state index contributed by atoms with van der Waals surface area (Å²) < 4.78 is 35.3. The predicted octanol–water partition coefficient (Wildman–Crippen LogP) is 5.37. The third-order valence-corrected chi connectivity index (χ3v) is 15.2. The van der Waals surface area contributed by atoms with Crippen LogP contribution < -0.4 is 41.3 Å². The molecule has 392 valence electrons. The maximum absolute atomic E-state index is 14.0. The number of aryl methyl sites for hydroxylation is 2. The monoisotopic (exact) mass is 1010 g/mol. The first-order chi connectivity index (χ1) is 35.3. The minimum atomic E-state index is -0.579. The number of nitrogens with zero attached hydrogens (tertiary/aromatic N) is 10. The van der Waals surface area contributed by atoms with Crippen LogP contribution in [0.4, 0.5) is 45.4 Å². The van der Waals surface area contributed by atoms with E-state index < -0.39 is 5.95 Å². The van der Waals surface area contributed by atoms with Crippen molar-refractivity contribution in [1.29, 1.82) is 0 Å². The molecule has 6 aliphatic heterocycles. The second-order valence-corrected chi connectivity index (χ2v) is 21.3. The molecule has 4 aromatic heterocycles. The van der Waals surface area contributed by atoms with Crippen molar-refractivity contribution in [2.24, 2.45) is 16.6 Å². The molecule has 2 spiro atoms. The van der Waals surface area contributed by atoms with Crippen LogP contribution in [-0.2, 0) is 18.9 Å². The first-order valence-corrected chi connectivity index (χ1v) is 26.2. The van der Waals surface area contributed by atoms with Gasteiger partial charge in [0.1, 0.15) is 29.1 Å². The number of rotatable bonds is 10. The van der Waals surface area contributed by atoms with Crippen LogP contribution in [0.5, 0.6) is 0 Å². The lowest BCUT2D eigenvalue weighted by Crippen LogP contribution is -2.42. The molecule has 20 nitrogen and oxygen atoms in total. The summed E-state index contributed by atoms with van der Waals surface area (Å²) in [5.74, 6) is 2.89. The Bertz CT molecular complexity index is 2590. The van der Waals surface area contributed by atoms with Crippen LogP contribution in [0.1, 0.15) is 97.3 Å². The molecule has 6 saturated heterocycles. The zero-order chi connectivity index (χ0) is 50.7. The Labute approximate surface area is 426 Å². The zero-order valence-corrected chi connectivity index (χ0v) is 42.7. The molecule has 0 aromatic carbocycles. The molecule has 0 radical (unpaired) electrons. The largest absolute Gasteiger partial charge is 0.378 e. The molecule has 2 amide bonds. The van der Waals surface area contributed by atoms with Gasteiger partial charge in [0.25, 0.3) is 11.8 Å². The van der Waals surface area contributed by atoms with Gasteiger partial charge in [-0.15, -0.1) is 0 Å². The van der Waals surface area contributed by atoms with E-state index in [4.69, 9.17) is 29.7 Å². The summed E-state index contributed by atoms with van der Waals surface area (Å²) >= 11 is 0. The Kier molecular flexibility index (Phi) is 15.2. The van der Waals surface area contributed by atoms with Gasteiger partial charge < -0.3 is 60.2 Å². The number of carbonyl (C=O) groups excluding carboxylic acids is 2. The van der Waals surface area contributed by atoms with Crippen molar-refractivity contribution in [3.05, 3.63) is 64.9 Å². The van der Waals surface area contributed by atoms with Crippen molar-refractivity contribution in [1.82, 2.24) is 29.9 Å². The highest BCUT2D eigenvalue weighted by Crippen LogP contribution is 2.55. The number of amides is 2. The number of ether oxygens (including phenoxy) is 4. The molecule has 2 aliphatic carbocycles. The van der Waals surface area contributed by atoms with Gasteiger partial charge in [0.15, 0.2) is 0 Å². The summed E-state index contributed by atoms with van der Waals surface area (Å²) in [7, 11) is 0. The summed E-state index contributed by atoms with van der Waals surface area (Å²) in [5, 5.41) is 9.33. The van der Waals surface area contributed by atoms with Gasteiger partial charge in [0, 0.05) is 75.9 Å². The maximum Gasteiger partial charge on any atom is 0.260 e. The fourth-order valence-corrected chi connectivity index (χ4v) is 10.2.